The van der Waals surface area contributed by atoms with Gasteiger partial charge in [-0.3, -0.25) is 4.90 Å². The lowest BCUT2D eigenvalue weighted by atomic mass is 10.1. The summed E-state index contributed by atoms with van der Waals surface area (Å²) < 4.78 is 6.10. The average molecular weight is 275 g/mol. The Hall–Kier alpha value is -1.13. The Morgan fingerprint density at radius 1 is 1.25 bits per heavy atom. The minimum atomic E-state index is 0.0838. The van der Waals surface area contributed by atoms with Crippen molar-refractivity contribution in [2.24, 2.45) is 0 Å². The van der Waals surface area contributed by atoms with Crippen LogP contribution in [0.25, 0.3) is 0 Å². The third kappa shape index (κ3) is 3.30. The summed E-state index contributed by atoms with van der Waals surface area (Å²) >= 11 is 0. The first-order valence-electron chi connectivity index (χ1n) is 7.69. The normalized spacial score (nSPS) is 26.9. The van der Waals surface area contributed by atoms with Crippen molar-refractivity contribution in [3.63, 3.8) is 0 Å². The Labute approximate surface area is 121 Å². The summed E-state index contributed by atoms with van der Waals surface area (Å²) in [4.78, 5) is 9.34. The summed E-state index contributed by atoms with van der Waals surface area (Å²) in [7, 11) is 0. The third-order valence-electron chi connectivity index (χ3n) is 4.36. The summed E-state index contributed by atoms with van der Waals surface area (Å²) in [5.41, 5.74) is 0.0838. The van der Waals surface area contributed by atoms with Gasteiger partial charge < -0.3 is 9.64 Å². The summed E-state index contributed by atoms with van der Waals surface area (Å²) in [5.74, 6) is 1.10. The van der Waals surface area contributed by atoms with Gasteiger partial charge in [-0.05, 0) is 38.8 Å². The number of rotatable bonds is 3. The van der Waals surface area contributed by atoms with Crippen molar-refractivity contribution in [3.8, 4) is 0 Å². The van der Waals surface area contributed by atoms with Crippen molar-refractivity contribution >= 4 is 5.82 Å². The number of hydrogen-bond acceptors (Lipinski definition) is 4. The zero-order chi connectivity index (χ0) is 14.0. The smallest absolute Gasteiger partial charge is 0.128 e. The second kappa shape index (κ2) is 5.70. The van der Waals surface area contributed by atoms with Crippen molar-refractivity contribution < 1.29 is 4.74 Å². The minimum Gasteiger partial charge on any atom is -0.371 e. The third-order valence-corrected chi connectivity index (χ3v) is 4.36. The van der Waals surface area contributed by atoms with Crippen LogP contribution in [0.2, 0.25) is 0 Å². The van der Waals surface area contributed by atoms with Gasteiger partial charge in [-0.15, -0.1) is 0 Å². The van der Waals surface area contributed by atoms with Crippen LogP contribution >= 0.6 is 0 Å². The maximum atomic E-state index is 6.10. The Morgan fingerprint density at radius 2 is 2.05 bits per heavy atom. The quantitative estimate of drug-likeness (QED) is 0.845. The van der Waals surface area contributed by atoms with Crippen LogP contribution in [-0.2, 0) is 4.74 Å². The van der Waals surface area contributed by atoms with E-state index >= 15 is 0 Å². The minimum absolute atomic E-state index is 0.0838. The fraction of sp³-hybridized carbons (Fsp3) is 0.688. The van der Waals surface area contributed by atoms with Gasteiger partial charge in [-0.25, -0.2) is 4.98 Å². The Kier molecular flexibility index (Phi) is 3.94. The van der Waals surface area contributed by atoms with Gasteiger partial charge in [-0.2, -0.15) is 0 Å². The van der Waals surface area contributed by atoms with Gasteiger partial charge in [0.2, 0.25) is 0 Å². The van der Waals surface area contributed by atoms with E-state index < -0.39 is 0 Å². The SMILES string of the molecule is CC1(C)CC[C@H](CN2CCN(c3ccccn3)CC2)O1. The number of pyridine rings is 1. The monoisotopic (exact) mass is 275 g/mol. The van der Waals surface area contributed by atoms with Crippen LogP contribution in [-0.4, -0.2) is 54.3 Å². The van der Waals surface area contributed by atoms with E-state index in [2.05, 4.69) is 40.8 Å². The molecule has 2 fully saturated rings. The van der Waals surface area contributed by atoms with Crippen LogP contribution in [0.1, 0.15) is 26.7 Å². The van der Waals surface area contributed by atoms with E-state index in [1.54, 1.807) is 0 Å². The van der Waals surface area contributed by atoms with Crippen molar-refractivity contribution in [3.05, 3.63) is 24.4 Å². The van der Waals surface area contributed by atoms with Crippen LogP contribution in [0.15, 0.2) is 24.4 Å². The highest BCUT2D eigenvalue weighted by molar-refractivity contribution is 5.38. The maximum absolute atomic E-state index is 6.10. The molecule has 0 aliphatic carbocycles. The molecular formula is C16H25N3O. The van der Waals surface area contributed by atoms with Crippen molar-refractivity contribution in [2.45, 2.75) is 38.4 Å². The molecule has 0 amide bonds. The van der Waals surface area contributed by atoms with E-state index in [0.29, 0.717) is 6.10 Å². The summed E-state index contributed by atoms with van der Waals surface area (Å²) in [6, 6.07) is 6.13. The molecule has 1 atom stereocenters. The second-order valence-electron chi connectivity index (χ2n) is 6.51. The number of hydrogen-bond donors (Lipinski definition) is 0. The topological polar surface area (TPSA) is 28.6 Å². The van der Waals surface area contributed by atoms with Gasteiger partial charge in [-0.1, -0.05) is 6.07 Å². The van der Waals surface area contributed by atoms with Gasteiger partial charge >= 0.3 is 0 Å². The molecule has 2 aliphatic rings. The highest BCUT2D eigenvalue weighted by atomic mass is 16.5. The first kappa shape index (κ1) is 13.8. The molecule has 110 valence electrons. The first-order valence-corrected chi connectivity index (χ1v) is 7.69. The molecule has 2 saturated heterocycles. The summed E-state index contributed by atoms with van der Waals surface area (Å²) in [5, 5.41) is 0. The molecule has 2 aliphatic heterocycles. The molecule has 4 heteroatoms. The van der Waals surface area contributed by atoms with Crippen LogP contribution in [0.4, 0.5) is 5.82 Å². The van der Waals surface area contributed by atoms with Crippen LogP contribution in [0.3, 0.4) is 0 Å². The molecule has 0 unspecified atom stereocenters. The van der Waals surface area contributed by atoms with Crippen molar-refractivity contribution in [1.29, 1.82) is 0 Å². The van der Waals surface area contributed by atoms with Crippen molar-refractivity contribution in [1.82, 2.24) is 9.88 Å². The van der Waals surface area contributed by atoms with Gasteiger partial charge in [0.25, 0.3) is 0 Å². The molecule has 1 aromatic heterocycles. The van der Waals surface area contributed by atoms with E-state index in [1.165, 1.54) is 12.8 Å². The molecule has 1 aromatic rings. The highest BCUT2D eigenvalue weighted by Gasteiger charge is 2.33. The molecule has 0 bridgehead atoms. The number of nitrogens with zero attached hydrogens (tertiary/aromatic N) is 3. The lowest BCUT2D eigenvalue weighted by molar-refractivity contribution is -0.0291. The Balaban J connectivity index is 1.47. The molecule has 4 nitrogen and oxygen atoms in total. The molecule has 0 radical (unpaired) electrons. The lowest BCUT2D eigenvalue weighted by Gasteiger charge is -2.36. The molecule has 0 aromatic carbocycles. The standard InChI is InChI=1S/C16H25N3O/c1-16(2)7-6-14(20-16)13-18-9-11-19(12-10-18)15-5-3-4-8-17-15/h3-5,8,14H,6-7,9-13H2,1-2H3/t14-/m1/s1. The molecule has 0 saturated carbocycles. The Morgan fingerprint density at radius 3 is 2.65 bits per heavy atom. The molecule has 0 N–H and O–H groups in total. The van der Waals surface area contributed by atoms with Gasteiger partial charge in [0, 0.05) is 38.9 Å². The zero-order valence-electron chi connectivity index (χ0n) is 12.6. The van der Waals surface area contributed by atoms with Crippen LogP contribution < -0.4 is 4.90 Å². The van der Waals surface area contributed by atoms with Gasteiger partial charge in [0.15, 0.2) is 0 Å². The van der Waals surface area contributed by atoms with Crippen LogP contribution in [0.5, 0.6) is 0 Å². The van der Waals surface area contributed by atoms with E-state index in [9.17, 15) is 0 Å². The van der Waals surface area contributed by atoms with Gasteiger partial charge in [0.05, 0.1) is 11.7 Å². The fourth-order valence-electron chi connectivity index (χ4n) is 3.19. The molecule has 3 rings (SSSR count). The maximum Gasteiger partial charge on any atom is 0.128 e. The van der Waals surface area contributed by atoms with Crippen LogP contribution in [0, 0.1) is 0 Å². The van der Waals surface area contributed by atoms with E-state index in [1.807, 2.05) is 12.3 Å². The van der Waals surface area contributed by atoms with Gasteiger partial charge in [0.1, 0.15) is 5.82 Å². The second-order valence-corrected chi connectivity index (χ2v) is 6.51. The van der Waals surface area contributed by atoms with E-state index in [-0.39, 0.29) is 5.60 Å². The summed E-state index contributed by atoms with van der Waals surface area (Å²) in [6.07, 6.45) is 4.68. The number of aromatic nitrogens is 1. The molecule has 0 spiro atoms. The fourth-order valence-corrected chi connectivity index (χ4v) is 3.19. The molecule has 20 heavy (non-hydrogen) atoms. The largest absolute Gasteiger partial charge is 0.371 e. The zero-order valence-corrected chi connectivity index (χ0v) is 12.6. The number of ether oxygens (including phenoxy) is 1. The lowest BCUT2D eigenvalue weighted by Crippen LogP contribution is -2.49. The number of anilines is 1. The summed E-state index contributed by atoms with van der Waals surface area (Å²) in [6.45, 7) is 9.82. The molecule has 3 heterocycles. The van der Waals surface area contributed by atoms with Crippen molar-refractivity contribution in [2.75, 3.05) is 37.6 Å². The molecular weight excluding hydrogens is 250 g/mol. The predicted octanol–water partition coefficient (Wildman–Crippen LogP) is 2.16. The first-order chi connectivity index (χ1) is 9.62. The Bertz CT molecular complexity index is 427. The van der Waals surface area contributed by atoms with E-state index in [0.717, 1.165) is 38.5 Å². The number of piperazine rings is 1. The highest BCUT2D eigenvalue weighted by Crippen LogP contribution is 2.29. The predicted molar refractivity (Wildman–Crippen MR) is 81.1 cm³/mol. The van der Waals surface area contributed by atoms with E-state index in [4.69, 9.17) is 4.74 Å². The average Bonchev–Trinajstić information content (AvgIpc) is 2.80.